The summed E-state index contributed by atoms with van der Waals surface area (Å²) in [7, 11) is -0.784. The number of aliphatic hydroxyl groups is 1. The van der Waals surface area contributed by atoms with Crippen molar-refractivity contribution >= 4 is 27.5 Å². The Hall–Kier alpha value is -4.20. The number of aromatic nitrogens is 1. The lowest BCUT2D eigenvalue weighted by Gasteiger charge is -2.36. The molecule has 1 aromatic heterocycles. The Kier molecular flexibility index (Phi) is 12.8. The quantitative estimate of drug-likeness (QED) is 0.334. The fourth-order valence-electron chi connectivity index (χ4n) is 5.49. The third-order valence-electron chi connectivity index (χ3n) is 8.40. The summed E-state index contributed by atoms with van der Waals surface area (Å²) in [5.74, 6) is -0.0279. The molecule has 0 bridgehead atoms. The predicted molar refractivity (Wildman–Crippen MR) is 182 cm³/mol. The van der Waals surface area contributed by atoms with Crippen LogP contribution < -0.4 is 14.2 Å². The zero-order chi connectivity index (χ0) is 34.8. The van der Waals surface area contributed by atoms with Gasteiger partial charge >= 0.3 is 0 Å². The van der Waals surface area contributed by atoms with E-state index in [0.29, 0.717) is 30.1 Å². The van der Waals surface area contributed by atoms with Gasteiger partial charge in [-0.1, -0.05) is 6.92 Å². The number of anilines is 1. The molecule has 3 aromatic rings. The van der Waals surface area contributed by atoms with Crippen LogP contribution in [0.4, 0.5) is 5.69 Å². The molecule has 2 aromatic carbocycles. The number of benzene rings is 2. The third kappa shape index (κ3) is 9.45. The molecule has 0 radical (unpaired) electrons. The summed E-state index contributed by atoms with van der Waals surface area (Å²) < 4.78 is 46.8. The second-order valence-electron chi connectivity index (χ2n) is 12.2. The van der Waals surface area contributed by atoms with Crippen LogP contribution in [0.3, 0.4) is 0 Å². The van der Waals surface area contributed by atoms with Crippen molar-refractivity contribution in [2.75, 3.05) is 45.2 Å². The van der Waals surface area contributed by atoms with Gasteiger partial charge < -0.3 is 29.1 Å². The number of nitrogens with zero attached hydrogens (tertiary/aromatic N) is 3. The highest BCUT2D eigenvalue weighted by atomic mass is 32.2. The number of aliphatic hydroxyl groups excluding tert-OH is 1. The van der Waals surface area contributed by atoms with Crippen LogP contribution in [0.2, 0.25) is 0 Å². The maximum atomic E-state index is 14.4. The number of pyridine rings is 1. The summed E-state index contributed by atoms with van der Waals surface area (Å²) in [6, 6.07) is 13.3. The van der Waals surface area contributed by atoms with Crippen LogP contribution in [0, 0.1) is 5.92 Å². The first kappa shape index (κ1) is 36.6. The standard InChI is InChI=1S/C35H46N4O8S/c1-24-21-39(25(2)23-40)35(42)31-20-28(37-48(43,44)30-12-10-29(45-5)11-13-30)9-14-32(31)47-26(3)8-6-7-19-46-33(24)22-38(4)34(41)27-15-17-36-18-16-27/h9-18,20,24-26,33,37,40H,6-8,19,21-23H2,1-5H3/t24-,25+,26-,33+/m1/s1. The molecule has 4 atom stereocenters. The van der Waals surface area contributed by atoms with Crippen LogP contribution in [-0.2, 0) is 14.8 Å². The van der Waals surface area contributed by atoms with Crippen molar-refractivity contribution in [3.05, 3.63) is 78.1 Å². The lowest BCUT2D eigenvalue weighted by atomic mass is 10.0. The summed E-state index contributed by atoms with van der Waals surface area (Å²) in [6.07, 6.45) is 4.75. The Morgan fingerprint density at radius 1 is 1.12 bits per heavy atom. The summed E-state index contributed by atoms with van der Waals surface area (Å²) in [5, 5.41) is 10.2. The lowest BCUT2D eigenvalue weighted by molar-refractivity contribution is -0.0149. The van der Waals surface area contributed by atoms with Crippen molar-refractivity contribution in [3.63, 3.8) is 0 Å². The van der Waals surface area contributed by atoms with E-state index >= 15 is 0 Å². The average molecular weight is 683 g/mol. The van der Waals surface area contributed by atoms with E-state index < -0.39 is 28.1 Å². The van der Waals surface area contributed by atoms with E-state index in [1.165, 1.54) is 25.3 Å². The Morgan fingerprint density at radius 2 is 1.83 bits per heavy atom. The summed E-state index contributed by atoms with van der Waals surface area (Å²) in [5.41, 5.74) is 0.844. The van der Waals surface area contributed by atoms with Crippen molar-refractivity contribution in [2.24, 2.45) is 5.92 Å². The number of ether oxygens (including phenoxy) is 3. The number of amides is 2. The van der Waals surface area contributed by atoms with E-state index in [2.05, 4.69) is 9.71 Å². The van der Waals surface area contributed by atoms with Gasteiger partial charge in [-0.05, 0) is 87.7 Å². The zero-order valence-electron chi connectivity index (χ0n) is 28.2. The molecule has 13 heteroatoms. The Labute approximate surface area is 283 Å². The second kappa shape index (κ2) is 16.8. The smallest absolute Gasteiger partial charge is 0.261 e. The molecule has 12 nitrogen and oxygen atoms in total. The van der Waals surface area contributed by atoms with Crippen molar-refractivity contribution in [3.8, 4) is 11.5 Å². The highest BCUT2D eigenvalue weighted by Crippen LogP contribution is 2.30. The zero-order valence-corrected chi connectivity index (χ0v) is 29.0. The Balaban J connectivity index is 1.65. The minimum absolute atomic E-state index is 0.0300. The van der Waals surface area contributed by atoms with E-state index in [-0.39, 0.29) is 53.8 Å². The number of hydrogen-bond donors (Lipinski definition) is 2. The van der Waals surface area contributed by atoms with E-state index in [4.69, 9.17) is 14.2 Å². The van der Waals surface area contributed by atoms with Crippen LogP contribution >= 0.6 is 0 Å². The van der Waals surface area contributed by atoms with Gasteiger partial charge in [0.2, 0.25) is 0 Å². The van der Waals surface area contributed by atoms with Gasteiger partial charge in [-0.15, -0.1) is 0 Å². The van der Waals surface area contributed by atoms with Crippen LogP contribution in [-0.4, -0.2) is 98.8 Å². The first-order valence-corrected chi connectivity index (χ1v) is 17.6. The molecular formula is C35H46N4O8S. The molecule has 2 N–H and O–H groups in total. The molecule has 48 heavy (non-hydrogen) atoms. The number of carbonyl (C=O) groups excluding carboxylic acids is 2. The third-order valence-corrected chi connectivity index (χ3v) is 9.80. The number of fused-ring (bicyclic) bond motifs is 1. The van der Waals surface area contributed by atoms with Crippen molar-refractivity contribution in [1.29, 1.82) is 0 Å². The topological polar surface area (TPSA) is 148 Å². The molecule has 0 aliphatic carbocycles. The number of sulfonamides is 1. The minimum Gasteiger partial charge on any atom is -0.497 e. The molecule has 0 unspecified atom stereocenters. The van der Waals surface area contributed by atoms with Crippen molar-refractivity contribution < 1.29 is 37.3 Å². The van der Waals surface area contributed by atoms with Crippen molar-refractivity contribution in [2.45, 2.75) is 63.2 Å². The fourth-order valence-corrected chi connectivity index (χ4v) is 6.53. The summed E-state index contributed by atoms with van der Waals surface area (Å²) in [4.78, 5) is 34.7. The number of carbonyl (C=O) groups is 2. The monoisotopic (exact) mass is 682 g/mol. The van der Waals surface area contributed by atoms with Crippen molar-refractivity contribution in [1.82, 2.24) is 14.8 Å². The van der Waals surface area contributed by atoms with E-state index in [1.807, 2.05) is 13.8 Å². The van der Waals surface area contributed by atoms with E-state index in [1.54, 1.807) is 72.6 Å². The van der Waals surface area contributed by atoms with Gasteiger partial charge in [0.15, 0.2) is 0 Å². The molecule has 1 aliphatic rings. The minimum atomic E-state index is -3.99. The van der Waals surface area contributed by atoms with Crippen LogP contribution in [0.25, 0.3) is 0 Å². The number of methoxy groups -OCH3 is 1. The SMILES string of the molecule is COc1ccc(S(=O)(=O)Nc2ccc3c(c2)C(=O)N([C@@H](C)CO)C[C@@H](C)[C@H](CN(C)C(=O)c2ccncc2)OCCCC[C@@H](C)O3)cc1. The molecule has 1 aliphatic heterocycles. The molecule has 0 fully saturated rings. The summed E-state index contributed by atoms with van der Waals surface area (Å²) in [6.45, 7) is 6.24. The molecular weight excluding hydrogens is 636 g/mol. The van der Waals surface area contributed by atoms with E-state index in [0.717, 1.165) is 12.8 Å². The first-order valence-electron chi connectivity index (χ1n) is 16.1. The Bertz CT molecular complexity index is 1620. The maximum Gasteiger partial charge on any atom is 0.261 e. The second-order valence-corrected chi connectivity index (χ2v) is 13.9. The van der Waals surface area contributed by atoms with Gasteiger partial charge in [0.25, 0.3) is 21.8 Å². The lowest BCUT2D eigenvalue weighted by Crippen LogP contribution is -2.48. The molecule has 0 spiro atoms. The fraction of sp³-hybridized carbons (Fsp3) is 0.457. The molecule has 2 amide bonds. The van der Waals surface area contributed by atoms with Crippen LogP contribution in [0.15, 0.2) is 71.9 Å². The van der Waals surface area contributed by atoms with Crippen LogP contribution in [0.5, 0.6) is 11.5 Å². The molecule has 0 saturated heterocycles. The van der Waals surface area contributed by atoms with Gasteiger partial charge in [0, 0.05) is 56.3 Å². The Morgan fingerprint density at radius 3 is 2.50 bits per heavy atom. The normalized spacial score (nSPS) is 20.1. The van der Waals surface area contributed by atoms with Gasteiger partial charge in [-0.2, -0.15) is 0 Å². The largest absolute Gasteiger partial charge is 0.497 e. The first-order chi connectivity index (χ1) is 22.9. The molecule has 260 valence electrons. The van der Waals surface area contributed by atoms with Gasteiger partial charge in [0.1, 0.15) is 11.5 Å². The maximum absolute atomic E-state index is 14.4. The highest BCUT2D eigenvalue weighted by Gasteiger charge is 2.31. The highest BCUT2D eigenvalue weighted by molar-refractivity contribution is 7.92. The molecule has 0 saturated carbocycles. The number of likely N-dealkylation sites (N-methyl/N-ethyl adjacent to an activating group) is 1. The average Bonchev–Trinajstić information content (AvgIpc) is 3.09. The van der Waals surface area contributed by atoms with Gasteiger partial charge in [0.05, 0.1) is 42.4 Å². The number of nitrogens with one attached hydrogen (secondary N) is 1. The van der Waals surface area contributed by atoms with Gasteiger partial charge in [-0.25, -0.2) is 8.42 Å². The predicted octanol–water partition coefficient (Wildman–Crippen LogP) is 4.46. The molecule has 4 rings (SSSR count). The number of rotatable bonds is 9. The molecule has 2 heterocycles. The summed E-state index contributed by atoms with van der Waals surface area (Å²) >= 11 is 0. The van der Waals surface area contributed by atoms with Gasteiger partial charge in [-0.3, -0.25) is 19.3 Å². The van der Waals surface area contributed by atoms with Crippen LogP contribution in [0.1, 0.15) is 60.7 Å². The number of hydrogen-bond acceptors (Lipinski definition) is 9. The van der Waals surface area contributed by atoms with E-state index in [9.17, 15) is 23.1 Å².